The van der Waals surface area contributed by atoms with E-state index < -0.39 is 0 Å². The minimum absolute atomic E-state index is 0.155. The summed E-state index contributed by atoms with van der Waals surface area (Å²) in [5.41, 5.74) is 0.785. The van der Waals surface area contributed by atoms with E-state index in [1.807, 2.05) is 18.6 Å². The van der Waals surface area contributed by atoms with E-state index >= 15 is 0 Å². The zero-order valence-electron chi connectivity index (χ0n) is 23.5. The Morgan fingerprint density at radius 2 is 1.33 bits per heavy atom. The number of rotatable bonds is 10. The Kier molecular flexibility index (Phi) is 9.55. The molecule has 0 aromatic carbocycles. The number of piperidine rings is 2. The summed E-state index contributed by atoms with van der Waals surface area (Å²) in [6, 6.07) is 0. The van der Waals surface area contributed by atoms with Crippen molar-refractivity contribution in [3.63, 3.8) is 0 Å². The maximum atomic E-state index is 6.16. The number of hydrogen-bond donors (Lipinski definition) is 0. The molecule has 2 aliphatic heterocycles. The average molecular weight is 463 g/mol. The molecule has 0 bridgehead atoms. The van der Waals surface area contributed by atoms with E-state index in [1.165, 1.54) is 19.4 Å². The molecular weight excluding hydrogens is 408 g/mol. The van der Waals surface area contributed by atoms with Gasteiger partial charge in [-0.15, -0.1) is 0 Å². The maximum absolute atomic E-state index is 6.16. The van der Waals surface area contributed by atoms with Crippen LogP contribution >= 0.6 is 0 Å². The molecule has 192 valence electrons. The highest BCUT2D eigenvalue weighted by Crippen LogP contribution is 2.46. The van der Waals surface area contributed by atoms with E-state index in [-0.39, 0.29) is 28.0 Å². The fourth-order valence-corrected chi connectivity index (χ4v) is 7.06. The van der Waals surface area contributed by atoms with Gasteiger partial charge in [0.25, 0.3) is 0 Å². The zero-order chi connectivity index (χ0) is 24.9. The smallest absolute Gasteiger partial charge is 0.109 e. The van der Waals surface area contributed by atoms with Gasteiger partial charge in [0.15, 0.2) is 0 Å². The molecule has 0 N–H and O–H groups in total. The predicted molar refractivity (Wildman–Crippen MR) is 141 cm³/mol. The monoisotopic (exact) mass is 462 g/mol. The molecule has 0 spiro atoms. The van der Waals surface area contributed by atoms with Crippen LogP contribution in [0.25, 0.3) is 0 Å². The van der Waals surface area contributed by atoms with Gasteiger partial charge < -0.3 is 14.4 Å². The molecule has 2 saturated heterocycles. The summed E-state index contributed by atoms with van der Waals surface area (Å²) in [4.78, 5) is 5.29. The quantitative estimate of drug-likeness (QED) is 0.261. The van der Waals surface area contributed by atoms with Crippen LogP contribution in [0.5, 0.6) is 0 Å². The summed E-state index contributed by atoms with van der Waals surface area (Å²) >= 11 is 0. The minimum atomic E-state index is 0.155. The Labute approximate surface area is 205 Å². The largest absolute Gasteiger partial charge is 0.498 e. The first-order valence-electron chi connectivity index (χ1n) is 13.3. The summed E-state index contributed by atoms with van der Waals surface area (Å²) in [6.45, 7) is 28.7. The standard InChI is InChI=1S/C29H54N2O2/c1-11-15-30-22-26(3,4)25(27(5,6)23-30)14-19-32-17-13-18-33-24-20-28(7,8)31(16-12-2)29(9,10)21-24/h13-14,18-19,24-25H,11-12,15-17,20-23H2,1-10H3. The van der Waals surface area contributed by atoms with Crippen LogP contribution in [0, 0.1) is 16.7 Å². The molecule has 2 fully saturated rings. The van der Waals surface area contributed by atoms with E-state index in [4.69, 9.17) is 9.47 Å². The van der Waals surface area contributed by atoms with Crippen molar-refractivity contribution in [3.05, 3.63) is 24.7 Å². The van der Waals surface area contributed by atoms with E-state index in [0.717, 1.165) is 32.5 Å². The average Bonchev–Trinajstić information content (AvgIpc) is 2.64. The van der Waals surface area contributed by atoms with Gasteiger partial charge in [0.2, 0.25) is 0 Å². The Bertz CT molecular complexity index is 627. The van der Waals surface area contributed by atoms with Crippen molar-refractivity contribution in [1.29, 1.82) is 0 Å². The summed E-state index contributed by atoms with van der Waals surface area (Å²) in [6.07, 6.45) is 12.9. The highest BCUT2D eigenvalue weighted by molar-refractivity contribution is 5.05. The van der Waals surface area contributed by atoms with E-state index in [1.54, 1.807) is 0 Å². The number of hydrogen-bond acceptors (Lipinski definition) is 4. The van der Waals surface area contributed by atoms with Gasteiger partial charge in [-0.1, -0.05) is 41.5 Å². The highest BCUT2D eigenvalue weighted by Gasteiger charge is 2.46. The van der Waals surface area contributed by atoms with E-state index in [0.29, 0.717) is 12.5 Å². The second kappa shape index (κ2) is 11.2. The Balaban J connectivity index is 1.83. The number of likely N-dealkylation sites (tertiary alicyclic amines) is 2. The maximum Gasteiger partial charge on any atom is 0.109 e. The molecule has 0 amide bonds. The lowest BCUT2D eigenvalue weighted by molar-refractivity contribution is -0.0839. The Morgan fingerprint density at radius 1 is 0.788 bits per heavy atom. The molecule has 0 aliphatic carbocycles. The summed E-state index contributed by atoms with van der Waals surface area (Å²) in [5, 5.41) is 0. The van der Waals surface area contributed by atoms with Crippen molar-refractivity contribution in [1.82, 2.24) is 9.80 Å². The van der Waals surface area contributed by atoms with Gasteiger partial charge in [-0.3, -0.25) is 4.90 Å². The van der Waals surface area contributed by atoms with Gasteiger partial charge in [-0.2, -0.15) is 0 Å². The van der Waals surface area contributed by atoms with Gasteiger partial charge in [0, 0.05) is 37.0 Å². The van der Waals surface area contributed by atoms with Crippen LogP contribution < -0.4 is 0 Å². The summed E-state index contributed by atoms with van der Waals surface area (Å²) in [5.74, 6) is 0.496. The number of nitrogens with zero attached hydrogens (tertiary/aromatic N) is 2. The summed E-state index contributed by atoms with van der Waals surface area (Å²) < 4.78 is 12.0. The molecule has 33 heavy (non-hydrogen) atoms. The number of ether oxygens (including phenoxy) is 2. The highest BCUT2D eigenvalue weighted by atomic mass is 16.5. The topological polar surface area (TPSA) is 24.9 Å². The molecule has 2 rings (SSSR count). The molecule has 0 saturated carbocycles. The first-order valence-corrected chi connectivity index (χ1v) is 13.3. The Hall–Kier alpha value is -1.00. The molecule has 0 radical (unpaired) electrons. The van der Waals surface area contributed by atoms with Crippen LogP contribution in [0.15, 0.2) is 24.7 Å². The molecule has 0 unspecified atom stereocenters. The van der Waals surface area contributed by atoms with Crippen molar-refractivity contribution in [2.75, 3.05) is 32.8 Å². The summed E-state index contributed by atoms with van der Waals surface area (Å²) in [7, 11) is 0. The van der Waals surface area contributed by atoms with Crippen LogP contribution in [0.1, 0.15) is 94.9 Å². The van der Waals surface area contributed by atoms with Gasteiger partial charge in [-0.05, 0) is 82.5 Å². The molecule has 4 nitrogen and oxygen atoms in total. The van der Waals surface area contributed by atoms with Crippen molar-refractivity contribution in [2.45, 2.75) is 112 Å². The molecule has 0 aromatic rings. The van der Waals surface area contributed by atoms with Gasteiger partial charge >= 0.3 is 0 Å². The normalized spacial score (nSPS) is 26.2. The van der Waals surface area contributed by atoms with E-state index in [9.17, 15) is 0 Å². The third kappa shape index (κ3) is 7.49. The van der Waals surface area contributed by atoms with E-state index in [2.05, 4.69) is 85.1 Å². The van der Waals surface area contributed by atoms with Gasteiger partial charge in [-0.25, -0.2) is 0 Å². The second-order valence-corrected chi connectivity index (χ2v) is 13.1. The molecule has 0 atom stereocenters. The molecule has 4 heteroatoms. The van der Waals surface area contributed by atoms with Gasteiger partial charge in [0.1, 0.15) is 12.7 Å². The van der Waals surface area contributed by atoms with Crippen LogP contribution in [0.2, 0.25) is 0 Å². The number of allylic oxidation sites excluding steroid dienone is 1. The zero-order valence-corrected chi connectivity index (χ0v) is 23.5. The van der Waals surface area contributed by atoms with Crippen molar-refractivity contribution in [3.8, 4) is 0 Å². The van der Waals surface area contributed by atoms with Crippen molar-refractivity contribution < 1.29 is 9.47 Å². The van der Waals surface area contributed by atoms with Crippen LogP contribution in [-0.4, -0.2) is 59.8 Å². The fraction of sp³-hybridized carbons (Fsp3) is 0.862. The molecule has 2 heterocycles. The third-order valence-corrected chi connectivity index (χ3v) is 7.78. The molecule has 2 aliphatic rings. The van der Waals surface area contributed by atoms with Crippen molar-refractivity contribution in [2.24, 2.45) is 16.7 Å². The second-order valence-electron chi connectivity index (χ2n) is 13.1. The lowest BCUT2D eigenvalue weighted by Crippen LogP contribution is -2.62. The van der Waals surface area contributed by atoms with Crippen molar-refractivity contribution >= 4 is 0 Å². The van der Waals surface area contributed by atoms with Gasteiger partial charge in [0.05, 0.1) is 12.5 Å². The SMILES string of the molecule is CCCN1CC(C)(C)C(C=COCC=COC2CC(C)(C)N(CCC)C(C)(C)C2)C(C)(C)C1. The first kappa shape index (κ1) is 28.2. The predicted octanol–water partition coefficient (Wildman–Crippen LogP) is 6.87. The van der Waals surface area contributed by atoms with Crippen LogP contribution in [0.4, 0.5) is 0 Å². The van der Waals surface area contributed by atoms with Crippen LogP contribution in [-0.2, 0) is 9.47 Å². The molecule has 0 aromatic heterocycles. The lowest BCUT2D eigenvalue weighted by Gasteiger charge is -2.55. The first-order chi connectivity index (χ1) is 15.2. The van der Waals surface area contributed by atoms with Crippen LogP contribution in [0.3, 0.4) is 0 Å². The minimum Gasteiger partial charge on any atom is -0.498 e. The fourth-order valence-electron chi connectivity index (χ4n) is 7.06. The molecular formula is C29H54N2O2. The Morgan fingerprint density at radius 3 is 1.85 bits per heavy atom. The lowest BCUT2D eigenvalue weighted by atomic mass is 9.61. The third-order valence-electron chi connectivity index (χ3n) is 7.78.